The maximum Gasteiger partial charge on any atom is 0.307 e. The van der Waals surface area contributed by atoms with E-state index in [-0.39, 0.29) is 13.0 Å². The molecule has 2 aromatic heterocycles. The third-order valence-corrected chi connectivity index (χ3v) is 4.66. The number of carboxylic acid groups (broad SMARTS) is 1. The largest absolute Gasteiger partial charge is 0.488 e. The van der Waals surface area contributed by atoms with Crippen LogP contribution in [0.2, 0.25) is 0 Å². The summed E-state index contributed by atoms with van der Waals surface area (Å²) < 4.78 is 18.0. The fraction of sp³-hybridized carbons (Fsp3) is 0.105. The van der Waals surface area contributed by atoms with E-state index < -0.39 is 5.97 Å². The van der Waals surface area contributed by atoms with E-state index in [0.717, 1.165) is 20.8 Å². The van der Waals surface area contributed by atoms with Gasteiger partial charge in [-0.15, -0.1) is 0 Å². The number of fused-ring (bicyclic) bond motifs is 3. The third-order valence-electron chi connectivity index (χ3n) is 4.01. The van der Waals surface area contributed by atoms with Crippen LogP contribution in [0.5, 0.6) is 5.75 Å². The van der Waals surface area contributed by atoms with E-state index >= 15 is 0 Å². The SMILES string of the molecule is O=C(O)Cc1ccccc1OCc1coc2c1cc(Br)c1ccoc12. The molecule has 0 saturated heterocycles. The zero-order valence-electron chi connectivity index (χ0n) is 13.0. The predicted molar refractivity (Wildman–Crippen MR) is 95.8 cm³/mol. The van der Waals surface area contributed by atoms with Gasteiger partial charge in [-0.2, -0.15) is 0 Å². The zero-order chi connectivity index (χ0) is 17.4. The van der Waals surface area contributed by atoms with Crippen LogP contribution in [0.4, 0.5) is 0 Å². The van der Waals surface area contributed by atoms with Gasteiger partial charge in [0.25, 0.3) is 0 Å². The van der Waals surface area contributed by atoms with Crippen LogP contribution < -0.4 is 4.74 Å². The summed E-state index contributed by atoms with van der Waals surface area (Å²) in [5.74, 6) is -0.341. The van der Waals surface area contributed by atoms with Gasteiger partial charge in [0.15, 0.2) is 11.2 Å². The summed E-state index contributed by atoms with van der Waals surface area (Å²) in [4.78, 5) is 11.0. The van der Waals surface area contributed by atoms with Crippen LogP contribution in [0, 0.1) is 0 Å². The molecule has 0 radical (unpaired) electrons. The average Bonchev–Trinajstić information content (AvgIpc) is 3.21. The molecule has 0 saturated carbocycles. The summed E-state index contributed by atoms with van der Waals surface area (Å²) in [6.07, 6.45) is 3.18. The van der Waals surface area contributed by atoms with E-state index in [1.165, 1.54) is 0 Å². The second-order valence-electron chi connectivity index (χ2n) is 5.63. The minimum atomic E-state index is -0.894. The van der Waals surface area contributed by atoms with E-state index in [9.17, 15) is 4.79 Å². The molecule has 0 aliphatic rings. The van der Waals surface area contributed by atoms with Crippen molar-refractivity contribution in [1.82, 2.24) is 0 Å². The second kappa shape index (κ2) is 6.29. The van der Waals surface area contributed by atoms with Crippen molar-refractivity contribution in [2.24, 2.45) is 0 Å². The lowest BCUT2D eigenvalue weighted by molar-refractivity contribution is -0.136. The Morgan fingerprint density at radius 1 is 1.08 bits per heavy atom. The molecule has 4 rings (SSSR count). The molecule has 0 fully saturated rings. The van der Waals surface area contributed by atoms with Gasteiger partial charge in [0.05, 0.1) is 18.9 Å². The molecule has 0 amide bonds. The maximum atomic E-state index is 11.0. The summed E-state index contributed by atoms with van der Waals surface area (Å²) in [6.45, 7) is 0.266. The summed E-state index contributed by atoms with van der Waals surface area (Å²) in [5, 5.41) is 10.8. The fourth-order valence-electron chi connectivity index (χ4n) is 2.84. The number of carbonyl (C=O) groups is 1. The molecule has 0 spiro atoms. The van der Waals surface area contributed by atoms with Crippen molar-refractivity contribution in [3.8, 4) is 5.75 Å². The standard InChI is InChI=1S/C19H13BrO5/c20-15-8-14-12(10-25-19(14)18-13(15)5-6-23-18)9-24-16-4-2-1-3-11(16)7-17(21)22/h1-6,8,10H,7,9H2,(H,21,22). The Labute approximate surface area is 150 Å². The summed E-state index contributed by atoms with van der Waals surface area (Å²) >= 11 is 3.54. The second-order valence-corrected chi connectivity index (χ2v) is 6.48. The monoisotopic (exact) mass is 400 g/mol. The molecule has 0 atom stereocenters. The molecule has 0 aliphatic carbocycles. The number of hydrogen-bond donors (Lipinski definition) is 1. The smallest absolute Gasteiger partial charge is 0.307 e. The first-order valence-corrected chi connectivity index (χ1v) is 8.41. The number of halogens is 1. The number of hydrogen-bond acceptors (Lipinski definition) is 4. The summed E-state index contributed by atoms with van der Waals surface area (Å²) in [7, 11) is 0. The third kappa shape index (κ3) is 2.89. The average molecular weight is 401 g/mol. The highest BCUT2D eigenvalue weighted by Gasteiger charge is 2.15. The van der Waals surface area contributed by atoms with Crippen molar-refractivity contribution in [3.05, 3.63) is 64.5 Å². The Bertz CT molecular complexity index is 1080. The quantitative estimate of drug-likeness (QED) is 0.501. The van der Waals surface area contributed by atoms with Gasteiger partial charge in [-0.3, -0.25) is 4.79 Å². The molecule has 0 aliphatic heterocycles. The molecule has 0 bridgehead atoms. The Hall–Kier alpha value is -2.73. The van der Waals surface area contributed by atoms with E-state index in [4.69, 9.17) is 18.7 Å². The van der Waals surface area contributed by atoms with Crippen LogP contribution in [-0.2, 0) is 17.8 Å². The molecule has 2 aromatic carbocycles. The Morgan fingerprint density at radius 2 is 1.88 bits per heavy atom. The summed E-state index contributed by atoms with van der Waals surface area (Å²) in [5.41, 5.74) is 2.85. The zero-order valence-corrected chi connectivity index (χ0v) is 14.6. The first kappa shape index (κ1) is 15.8. The lowest BCUT2D eigenvalue weighted by atomic mass is 10.1. The van der Waals surface area contributed by atoms with Crippen LogP contribution in [-0.4, -0.2) is 11.1 Å². The van der Waals surface area contributed by atoms with E-state index in [0.29, 0.717) is 22.5 Å². The molecule has 1 N–H and O–H groups in total. The minimum Gasteiger partial charge on any atom is -0.488 e. The molecule has 25 heavy (non-hydrogen) atoms. The van der Waals surface area contributed by atoms with E-state index in [1.54, 1.807) is 30.7 Å². The van der Waals surface area contributed by atoms with Crippen LogP contribution in [0.25, 0.3) is 21.9 Å². The van der Waals surface area contributed by atoms with Gasteiger partial charge in [0.2, 0.25) is 0 Å². The molecular weight excluding hydrogens is 388 g/mol. The number of ether oxygens (including phenoxy) is 1. The highest BCUT2D eigenvalue weighted by molar-refractivity contribution is 9.10. The lowest BCUT2D eigenvalue weighted by Gasteiger charge is -2.09. The van der Waals surface area contributed by atoms with Crippen LogP contribution in [0.15, 0.2) is 62.2 Å². The molecule has 126 valence electrons. The topological polar surface area (TPSA) is 72.8 Å². The fourth-order valence-corrected chi connectivity index (χ4v) is 3.38. The first-order valence-electron chi connectivity index (χ1n) is 7.62. The van der Waals surface area contributed by atoms with Crippen molar-refractivity contribution < 1.29 is 23.5 Å². The van der Waals surface area contributed by atoms with Gasteiger partial charge in [-0.25, -0.2) is 0 Å². The van der Waals surface area contributed by atoms with Gasteiger partial charge in [-0.05, 0) is 18.2 Å². The molecule has 0 unspecified atom stereocenters. The number of para-hydroxylation sites is 1. The molecular formula is C19H13BrO5. The van der Waals surface area contributed by atoms with Crippen LogP contribution >= 0.6 is 15.9 Å². The maximum absolute atomic E-state index is 11.0. The Morgan fingerprint density at radius 3 is 2.72 bits per heavy atom. The lowest BCUT2D eigenvalue weighted by Crippen LogP contribution is -2.03. The number of rotatable bonds is 5. The highest BCUT2D eigenvalue weighted by Crippen LogP contribution is 2.35. The Balaban J connectivity index is 1.66. The highest BCUT2D eigenvalue weighted by atomic mass is 79.9. The van der Waals surface area contributed by atoms with Gasteiger partial charge in [0, 0.05) is 26.4 Å². The van der Waals surface area contributed by atoms with Gasteiger partial charge in [-0.1, -0.05) is 34.1 Å². The van der Waals surface area contributed by atoms with Gasteiger partial charge in [0.1, 0.15) is 12.4 Å². The van der Waals surface area contributed by atoms with Crippen LogP contribution in [0.3, 0.4) is 0 Å². The number of aliphatic carboxylic acids is 1. The van der Waals surface area contributed by atoms with Crippen molar-refractivity contribution in [2.45, 2.75) is 13.0 Å². The molecule has 2 heterocycles. The molecule has 4 aromatic rings. The molecule has 6 heteroatoms. The predicted octanol–water partition coefficient (Wildman–Crippen LogP) is 5.15. The van der Waals surface area contributed by atoms with Crippen molar-refractivity contribution in [1.29, 1.82) is 0 Å². The van der Waals surface area contributed by atoms with Crippen molar-refractivity contribution in [2.75, 3.05) is 0 Å². The van der Waals surface area contributed by atoms with Gasteiger partial charge < -0.3 is 18.7 Å². The number of furan rings is 2. The minimum absolute atomic E-state index is 0.0825. The number of benzene rings is 2. The normalized spacial score (nSPS) is 11.2. The van der Waals surface area contributed by atoms with Gasteiger partial charge >= 0.3 is 5.97 Å². The first-order chi connectivity index (χ1) is 12.1. The van der Waals surface area contributed by atoms with E-state index in [1.807, 2.05) is 18.2 Å². The molecule has 5 nitrogen and oxygen atoms in total. The summed E-state index contributed by atoms with van der Waals surface area (Å²) in [6, 6.07) is 11.0. The van der Waals surface area contributed by atoms with E-state index in [2.05, 4.69) is 15.9 Å². The van der Waals surface area contributed by atoms with Crippen LogP contribution in [0.1, 0.15) is 11.1 Å². The van der Waals surface area contributed by atoms with Crippen molar-refractivity contribution in [3.63, 3.8) is 0 Å². The van der Waals surface area contributed by atoms with Crippen molar-refractivity contribution >= 4 is 43.8 Å². The Kier molecular flexibility index (Phi) is 3.97. The number of carboxylic acids is 1.